The zero-order chi connectivity index (χ0) is 11.4. The van der Waals surface area contributed by atoms with E-state index in [0.717, 1.165) is 18.3 Å². The number of hydrogen-bond donors (Lipinski definition) is 2. The van der Waals surface area contributed by atoms with Crippen LogP contribution in [0.5, 0.6) is 0 Å². The second-order valence-electron chi connectivity index (χ2n) is 3.93. The number of rotatable bonds is 5. The fraction of sp³-hybridized carbons (Fsp3) is 0.545. The standard InChI is InChI=1S/C11H16N2OS2/c12-11(14)8-4-10(16-7-8)6-13-5-9-2-1-3-15-9/h4,7,9,13H,1-3,5-6H2,(H2,12,14). The molecule has 2 heterocycles. The third-order valence-electron chi connectivity index (χ3n) is 2.63. The summed E-state index contributed by atoms with van der Waals surface area (Å²) in [6.45, 7) is 1.91. The summed E-state index contributed by atoms with van der Waals surface area (Å²) in [5, 5.41) is 6.03. The third kappa shape index (κ3) is 3.23. The summed E-state index contributed by atoms with van der Waals surface area (Å²) in [5.74, 6) is 0.964. The van der Waals surface area contributed by atoms with Crippen LogP contribution in [0.1, 0.15) is 28.1 Å². The van der Waals surface area contributed by atoms with Crippen molar-refractivity contribution in [1.29, 1.82) is 0 Å². The first-order chi connectivity index (χ1) is 7.75. The van der Waals surface area contributed by atoms with Crippen LogP contribution in [0.4, 0.5) is 0 Å². The largest absolute Gasteiger partial charge is 0.366 e. The summed E-state index contributed by atoms with van der Waals surface area (Å²) in [5.41, 5.74) is 5.82. The van der Waals surface area contributed by atoms with Crippen LogP contribution in [0.25, 0.3) is 0 Å². The first kappa shape index (κ1) is 12.0. The quantitative estimate of drug-likeness (QED) is 0.845. The summed E-state index contributed by atoms with van der Waals surface area (Å²) >= 11 is 3.64. The first-order valence-corrected chi connectivity index (χ1v) is 7.38. The molecule has 1 aliphatic heterocycles. The van der Waals surface area contributed by atoms with Crippen molar-refractivity contribution in [3.8, 4) is 0 Å². The van der Waals surface area contributed by atoms with E-state index in [9.17, 15) is 4.79 Å². The second kappa shape index (κ2) is 5.70. The van der Waals surface area contributed by atoms with Crippen LogP contribution in [0.3, 0.4) is 0 Å². The molecule has 0 spiro atoms. The van der Waals surface area contributed by atoms with Gasteiger partial charge in [-0.1, -0.05) is 0 Å². The summed E-state index contributed by atoms with van der Waals surface area (Å²) in [7, 11) is 0. The number of thiophene rings is 1. The van der Waals surface area contributed by atoms with Gasteiger partial charge in [-0.25, -0.2) is 0 Å². The summed E-state index contributed by atoms with van der Waals surface area (Å²) < 4.78 is 0. The van der Waals surface area contributed by atoms with Gasteiger partial charge < -0.3 is 11.1 Å². The highest BCUT2D eigenvalue weighted by Crippen LogP contribution is 2.25. The highest BCUT2D eigenvalue weighted by atomic mass is 32.2. The van der Waals surface area contributed by atoms with Crippen molar-refractivity contribution >= 4 is 29.0 Å². The first-order valence-electron chi connectivity index (χ1n) is 5.45. The van der Waals surface area contributed by atoms with Crippen LogP contribution in [0.15, 0.2) is 11.4 Å². The van der Waals surface area contributed by atoms with Crippen molar-refractivity contribution < 1.29 is 4.79 Å². The third-order valence-corrected chi connectivity index (χ3v) is 4.97. The van der Waals surface area contributed by atoms with E-state index in [2.05, 4.69) is 17.1 Å². The molecule has 1 fully saturated rings. The Morgan fingerprint density at radius 2 is 2.50 bits per heavy atom. The van der Waals surface area contributed by atoms with Crippen molar-refractivity contribution in [3.63, 3.8) is 0 Å². The van der Waals surface area contributed by atoms with Crippen LogP contribution < -0.4 is 11.1 Å². The Labute approximate surface area is 104 Å². The van der Waals surface area contributed by atoms with E-state index in [1.807, 2.05) is 11.4 Å². The maximum Gasteiger partial charge on any atom is 0.249 e. The number of carbonyl (C=O) groups is 1. The molecule has 0 aliphatic carbocycles. The molecule has 1 atom stereocenters. The molecular formula is C11H16N2OS2. The fourth-order valence-electron chi connectivity index (χ4n) is 1.76. The van der Waals surface area contributed by atoms with E-state index in [1.165, 1.54) is 23.5 Å². The van der Waals surface area contributed by atoms with Gasteiger partial charge in [-0.2, -0.15) is 11.8 Å². The van der Waals surface area contributed by atoms with E-state index in [0.29, 0.717) is 5.56 Å². The maximum absolute atomic E-state index is 10.9. The number of carbonyl (C=O) groups excluding carboxylic acids is 1. The van der Waals surface area contributed by atoms with Crippen molar-refractivity contribution in [1.82, 2.24) is 5.32 Å². The molecule has 1 amide bonds. The van der Waals surface area contributed by atoms with Gasteiger partial charge in [-0.15, -0.1) is 11.3 Å². The van der Waals surface area contributed by atoms with Crippen LogP contribution in [0.2, 0.25) is 0 Å². The number of hydrogen-bond acceptors (Lipinski definition) is 4. The van der Waals surface area contributed by atoms with Gasteiger partial charge in [0.25, 0.3) is 0 Å². The molecule has 1 unspecified atom stereocenters. The molecule has 88 valence electrons. The molecule has 0 bridgehead atoms. The van der Waals surface area contributed by atoms with Crippen LogP contribution >= 0.6 is 23.1 Å². The summed E-state index contributed by atoms with van der Waals surface area (Å²) in [4.78, 5) is 12.1. The minimum Gasteiger partial charge on any atom is -0.366 e. The molecule has 0 radical (unpaired) electrons. The monoisotopic (exact) mass is 256 g/mol. The minimum atomic E-state index is -0.339. The van der Waals surface area contributed by atoms with Gasteiger partial charge >= 0.3 is 0 Å². The lowest BCUT2D eigenvalue weighted by Gasteiger charge is -2.08. The SMILES string of the molecule is NC(=O)c1csc(CNCC2CCCS2)c1. The Kier molecular flexibility index (Phi) is 4.26. The molecule has 3 N–H and O–H groups in total. The second-order valence-corrected chi connectivity index (χ2v) is 6.34. The molecule has 0 aromatic carbocycles. The number of nitrogens with one attached hydrogen (secondary N) is 1. The van der Waals surface area contributed by atoms with E-state index in [1.54, 1.807) is 11.3 Å². The van der Waals surface area contributed by atoms with Crippen LogP contribution in [0, 0.1) is 0 Å². The van der Waals surface area contributed by atoms with Crippen molar-refractivity contribution in [2.75, 3.05) is 12.3 Å². The molecule has 16 heavy (non-hydrogen) atoms. The number of primary amides is 1. The Balaban J connectivity index is 1.74. The molecule has 3 nitrogen and oxygen atoms in total. The average molecular weight is 256 g/mol. The minimum absolute atomic E-state index is 0.339. The summed E-state index contributed by atoms with van der Waals surface area (Å²) in [6, 6.07) is 1.88. The van der Waals surface area contributed by atoms with E-state index >= 15 is 0 Å². The van der Waals surface area contributed by atoms with Gasteiger partial charge in [0.2, 0.25) is 5.91 Å². The topological polar surface area (TPSA) is 55.1 Å². The van der Waals surface area contributed by atoms with Crippen molar-refractivity contribution in [2.45, 2.75) is 24.6 Å². The van der Waals surface area contributed by atoms with Gasteiger partial charge in [0, 0.05) is 28.6 Å². The molecule has 1 saturated heterocycles. The average Bonchev–Trinajstić information content (AvgIpc) is 2.87. The fourth-order valence-corrected chi connectivity index (χ4v) is 3.84. The normalized spacial score (nSPS) is 20.1. The van der Waals surface area contributed by atoms with E-state index in [4.69, 9.17) is 5.73 Å². The predicted octanol–water partition coefficient (Wildman–Crippen LogP) is 1.83. The van der Waals surface area contributed by atoms with Crippen molar-refractivity contribution in [2.24, 2.45) is 5.73 Å². The van der Waals surface area contributed by atoms with Crippen molar-refractivity contribution in [3.05, 3.63) is 21.9 Å². The number of nitrogens with two attached hydrogens (primary N) is 1. The molecule has 1 aromatic rings. The Morgan fingerprint density at radius 1 is 1.62 bits per heavy atom. The highest BCUT2D eigenvalue weighted by Gasteiger charge is 2.14. The summed E-state index contributed by atoms with van der Waals surface area (Å²) in [6.07, 6.45) is 2.68. The molecule has 1 aliphatic rings. The van der Waals surface area contributed by atoms with E-state index in [-0.39, 0.29) is 5.91 Å². The van der Waals surface area contributed by atoms with E-state index < -0.39 is 0 Å². The molecular weight excluding hydrogens is 240 g/mol. The zero-order valence-electron chi connectivity index (χ0n) is 9.07. The smallest absolute Gasteiger partial charge is 0.249 e. The predicted molar refractivity (Wildman–Crippen MR) is 70.0 cm³/mol. The van der Waals surface area contributed by atoms with Crippen LogP contribution in [-0.4, -0.2) is 23.5 Å². The van der Waals surface area contributed by atoms with Gasteiger partial charge in [0.05, 0.1) is 5.56 Å². The lowest BCUT2D eigenvalue weighted by molar-refractivity contribution is 0.100. The number of thioether (sulfide) groups is 1. The molecule has 1 aromatic heterocycles. The van der Waals surface area contributed by atoms with Gasteiger partial charge in [-0.05, 0) is 24.7 Å². The maximum atomic E-state index is 10.9. The number of amides is 1. The van der Waals surface area contributed by atoms with Gasteiger partial charge in [0.1, 0.15) is 0 Å². The molecule has 0 saturated carbocycles. The lowest BCUT2D eigenvalue weighted by Crippen LogP contribution is -2.22. The highest BCUT2D eigenvalue weighted by molar-refractivity contribution is 8.00. The Hall–Kier alpha value is -0.520. The molecule has 5 heteroatoms. The Morgan fingerprint density at radius 3 is 3.12 bits per heavy atom. The molecule has 2 rings (SSSR count). The Bertz CT molecular complexity index is 359. The lowest BCUT2D eigenvalue weighted by atomic mass is 10.2. The van der Waals surface area contributed by atoms with Crippen LogP contribution in [-0.2, 0) is 6.54 Å². The van der Waals surface area contributed by atoms with Gasteiger partial charge in [-0.3, -0.25) is 4.79 Å². The zero-order valence-corrected chi connectivity index (χ0v) is 10.7. The van der Waals surface area contributed by atoms with Gasteiger partial charge in [0.15, 0.2) is 0 Å².